The third-order valence-corrected chi connectivity index (χ3v) is 3.77. The lowest BCUT2D eigenvalue weighted by Gasteiger charge is -2.01. The number of nitrogens with zero attached hydrogens (tertiary/aromatic N) is 4. The molecule has 8 heteroatoms. The highest BCUT2D eigenvalue weighted by Gasteiger charge is 2.04. The highest BCUT2D eigenvalue weighted by Crippen LogP contribution is 2.27. The van der Waals surface area contributed by atoms with Crippen molar-refractivity contribution >= 4 is 35.1 Å². The first-order valence-electron chi connectivity index (χ1n) is 7.86. The van der Waals surface area contributed by atoms with Gasteiger partial charge in [0.1, 0.15) is 11.4 Å². The number of benzene rings is 2. The number of aromatic hydroxyl groups is 1. The second-order valence-electron chi connectivity index (χ2n) is 5.33. The molecule has 27 heavy (non-hydrogen) atoms. The zero-order chi connectivity index (χ0) is 19.1. The number of nitrogens with one attached hydrogen (secondary N) is 1. The Balaban J connectivity index is 1.72. The Hall–Kier alpha value is -3.58. The van der Waals surface area contributed by atoms with Crippen LogP contribution in [0.1, 0.15) is 15.9 Å². The summed E-state index contributed by atoms with van der Waals surface area (Å²) in [6.07, 6.45) is 4.35. The number of phenols is 1. The average Bonchev–Trinajstić information content (AvgIpc) is 2.70. The predicted molar refractivity (Wildman–Crippen MR) is 103 cm³/mol. The summed E-state index contributed by atoms with van der Waals surface area (Å²) in [7, 11) is 0. The van der Waals surface area contributed by atoms with Crippen LogP contribution < -0.4 is 5.43 Å². The summed E-state index contributed by atoms with van der Waals surface area (Å²) in [5, 5.41) is 22.5. The molecule has 0 saturated heterocycles. The summed E-state index contributed by atoms with van der Waals surface area (Å²) in [4.78, 5) is 15.8. The molecule has 1 heterocycles. The minimum absolute atomic E-state index is 0.00592. The molecule has 0 bridgehead atoms. The number of aromatic nitrogens is 1. The Morgan fingerprint density at radius 2 is 1.85 bits per heavy atom. The van der Waals surface area contributed by atoms with Gasteiger partial charge in [0.25, 0.3) is 5.91 Å². The van der Waals surface area contributed by atoms with Crippen LogP contribution in [0.5, 0.6) is 5.75 Å². The summed E-state index contributed by atoms with van der Waals surface area (Å²) >= 11 is 6.04. The predicted octanol–water partition coefficient (Wildman–Crippen LogP) is 4.62. The molecule has 3 rings (SSSR count). The van der Waals surface area contributed by atoms with Gasteiger partial charge >= 0.3 is 0 Å². The molecule has 2 N–H and O–H groups in total. The Morgan fingerprint density at radius 3 is 2.63 bits per heavy atom. The normalized spacial score (nSPS) is 11.1. The number of carbonyl (C=O) groups is 1. The average molecular weight is 380 g/mol. The van der Waals surface area contributed by atoms with Crippen LogP contribution in [-0.4, -0.2) is 22.2 Å². The van der Waals surface area contributed by atoms with Crippen LogP contribution in [-0.2, 0) is 0 Å². The minimum Gasteiger partial charge on any atom is -0.507 e. The number of halogens is 1. The van der Waals surface area contributed by atoms with Crippen LogP contribution >= 0.6 is 11.6 Å². The van der Waals surface area contributed by atoms with Crippen molar-refractivity contribution in [2.45, 2.75) is 0 Å². The number of hydrazone groups is 1. The highest BCUT2D eigenvalue weighted by atomic mass is 35.5. The molecule has 7 nitrogen and oxygen atoms in total. The molecule has 0 aliphatic heterocycles. The highest BCUT2D eigenvalue weighted by molar-refractivity contribution is 6.32. The largest absolute Gasteiger partial charge is 0.507 e. The summed E-state index contributed by atoms with van der Waals surface area (Å²) in [6.45, 7) is 0. The van der Waals surface area contributed by atoms with Crippen LogP contribution in [0.2, 0.25) is 5.02 Å². The van der Waals surface area contributed by atoms with Gasteiger partial charge in [-0.25, -0.2) is 5.43 Å². The van der Waals surface area contributed by atoms with Crippen molar-refractivity contribution in [3.05, 3.63) is 83.1 Å². The molecule has 0 saturated carbocycles. The van der Waals surface area contributed by atoms with Crippen molar-refractivity contribution in [3.63, 3.8) is 0 Å². The first-order valence-corrected chi connectivity index (χ1v) is 8.24. The van der Waals surface area contributed by atoms with Gasteiger partial charge in [-0.15, -0.1) is 5.11 Å². The van der Waals surface area contributed by atoms with E-state index in [-0.39, 0.29) is 11.7 Å². The van der Waals surface area contributed by atoms with E-state index in [1.54, 1.807) is 48.5 Å². The van der Waals surface area contributed by atoms with Gasteiger partial charge in [0.15, 0.2) is 0 Å². The molecule has 0 unspecified atom stereocenters. The molecular weight excluding hydrogens is 366 g/mol. The number of pyridine rings is 1. The molecule has 2 aromatic carbocycles. The number of phenolic OH excluding ortho intramolecular Hbond substituents is 1. The van der Waals surface area contributed by atoms with Gasteiger partial charge in [-0.1, -0.05) is 23.7 Å². The van der Waals surface area contributed by atoms with Crippen LogP contribution in [0, 0.1) is 0 Å². The summed E-state index contributed by atoms with van der Waals surface area (Å²) in [5.74, 6) is -0.392. The van der Waals surface area contributed by atoms with E-state index in [1.165, 1.54) is 24.7 Å². The van der Waals surface area contributed by atoms with Gasteiger partial charge in [-0.05, 0) is 42.5 Å². The second kappa shape index (κ2) is 8.68. The van der Waals surface area contributed by atoms with Gasteiger partial charge in [-0.2, -0.15) is 10.2 Å². The number of hydrogen-bond acceptors (Lipinski definition) is 6. The number of amides is 1. The molecule has 3 aromatic rings. The number of rotatable bonds is 5. The Kier molecular flexibility index (Phi) is 5.86. The lowest BCUT2D eigenvalue weighted by atomic mass is 10.2. The third kappa shape index (κ3) is 4.96. The van der Waals surface area contributed by atoms with Gasteiger partial charge in [0.2, 0.25) is 0 Å². The lowest BCUT2D eigenvalue weighted by molar-refractivity contribution is 0.0955. The maximum atomic E-state index is 11.9. The monoisotopic (exact) mass is 379 g/mol. The summed E-state index contributed by atoms with van der Waals surface area (Å²) < 4.78 is 0. The molecule has 1 aromatic heterocycles. The molecule has 0 aliphatic rings. The maximum absolute atomic E-state index is 11.9. The third-order valence-electron chi connectivity index (χ3n) is 3.45. The van der Waals surface area contributed by atoms with Crippen molar-refractivity contribution in [3.8, 4) is 5.75 Å². The molecule has 0 aliphatic carbocycles. The molecular formula is C19H14ClN5O2. The van der Waals surface area contributed by atoms with Crippen molar-refractivity contribution in [1.82, 2.24) is 10.4 Å². The molecule has 1 amide bonds. The van der Waals surface area contributed by atoms with E-state index in [0.717, 1.165) is 0 Å². The van der Waals surface area contributed by atoms with Crippen molar-refractivity contribution in [2.24, 2.45) is 15.3 Å². The molecule has 0 fully saturated rings. The van der Waals surface area contributed by atoms with E-state index < -0.39 is 0 Å². The van der Waals surface area contributed by atoms with Crippen LogP contribution in [0.15, 0.2) is 82.3 Å². The zero-order valence-corrected chi connectivity index (χ0v) is 14.7. The molecule has 0 radical (unpaired) electrons. The lowest BCUT2D eigenvalue weighted by Crippen LogP contribution is -2.17. The van der Waals surface area contributed by atoms with E-state index >= 15 is 0 Å². The fraction of sp³-hybridized carbons (Fsp3) is 0. The SMILES string of the molecule is O=C(N/N=C/c1cc(N=Nc2ccccc2Cl)ccc1O)c1ccncc1. The molecule has 0 atom stereocenters. The first-order chi connectivity index (χ1) is 13.1. The van der Waals surface area contributed by atoms with E-state index in [9.17, 15) is 9.90 Å². The molecule has 0 spiro atoms. The van der Waals surface area contributed by atoms with Gasteiger partial charge in [-0.3, -0.25) is 9.78 Å². The fourth-order valence-electron chi connectivity index (χ4n) is 2.08. The van der Waals surface area contributed by atoms with Crippen molar-refractivity contribution in [1.29, 1.82) is 0 Å². The topological polar surface area (TPSA) is 99.3 Å². The smallest absolute Gasteiger partial charge is 0.271 e. The first kappa shape index (κ1) is 18.2. The standard InChI is InChI=1S/C19H14ClN5O2/c20-16-3-1-2-4-17(16)24-23-15-5-6-18(26)14(11-15)12-22-25-19(27)13-7-9-21-10-8-13/h1-12,26H,(H,25,27)/b22-12+,24-23?. The Morgan fingerprint density at radius 1 is 1.07 bits per heavy atom. The van der Waals surface area contributed by atoms with E-state index in [4.69, 9.17) is 11.6 Å². The number of carbonyl (C=O) groups excluding carboxylic acids is 1. The number of hydrogen-bond donors (Lipinski definition) is 2. The zero-order valence-electron chi connectivity index (χ0n) is 14.0. The quantitative estimate of drug-likeness (QED) is 0.384. The van der Waals surface area contributed by atoms with E-state index in [0.29, 0.717) is 27.5 Å². The van der Waals surface area contributed by atoms with E-state index in [1.807, 2.05) is 0 Å². The van der Waals surface area contributed by atoms with Crippen LogP contribution in [0.3, 0.4) is 0 Å². The fourth-order valence-corrected chi connectivity index (χ4v) is 2.25. The van der Waals surface area contributed by atoms with Crippen molar-refractivity contribution in [2.75, 3.05) is 0 Å². The van der Waals surface area contributed by atoms with Gasteiger partial charge in [0.05, 0.1) is 16.9 Å². The van der Waals surface area contributed by atoms with Crippen LogP contribution in [0.25, 0.3) is 0 Å². The second-order valence-corrected chi connectivity index (χ2v) is 5.74. The summed E-state index contributed by atoms with van der Waals surface area (Å²) in [6, 6.07) is 14.8. The maximum Gasteiger partial charge on any atom is 0.271 e. The Labute approximate surface area is 160 Å². The summed E-state index contributed by atoms with van der Waals surface area (Å²) in [5.41, 5.74) is 4.21. The molecule has 134 valence electrons. The van der Waals surface area contributed by atoms with E-state index in [2.05, 4.69) is 25.7 Å². The number of azo groups is 1. The van der Waals surface area contributed by atoms with Crippen LogP contribution in [0.4, 0.5) is 11.4 Å². The van der Waals surface area contributed by atoms with Gasteiger partial charge < -0.3 is 5.11 Å². The van der Waals surface area contributed by atoms with Gasteiger partial charge in [0, 0.05) is 23.5 Å². The minimum atomic E-state index is -0.386. The van der Waals surface area contributed by atoms with Crippen molar-refractivity contribution < 1.29 is 9.90 Å². The Bertz CT molecular complexity index is 1010.